The molecule has 0 radical (unpaired) electrons. The maximum Gasteiger partial charge on any atom is 0.178 e. The molecule has 1 saturated carbocycles. The third kappa shape index (κ3) is 1.75. The molecule has 5 nitrogen and oxygen atoms in total. The lowest BCUT2D eigenvalue weighted by atomic mass is 10.2. The van der Waals surface area contributed by atoms with E-state index in [0.29, 0.717) is 5.92 Å². The molecule has 5 heteroatoms. The molecule has 0 atom stereocenters. The summed E-state index contributed by atoms with van der Waals surface area (Å²) in [4.78, 5) is 4.46. The van der Waals surface area contributed by atoms with Crippen molar-refractivity contribution < 1.29 is 0 Å². The van der Waals surface area contributed by atoms with Crippen LogP contribution in [0, 0.1) is 6.92 Å². The van der Waals surface area contributed by atoms with Crippen molar-refractivity contribution >= 4 is 0 Å². The SMILES string of the molecule is CCn1nc(C)nc1-c1cc(C2CC2)n(C)n1. The van der Waals surface area contributed by atoms with Crippen LogP contribution in [0.3, 0.4) is 0 Å². The van der Waals surface area contributed by atoms with Gasteiger partial charge in [-0.15, -0.1) is 0 Å². The molecule has 17 heavy (non-hydrogen) atoms. The molecule has 1 fully saturated rings. The summed E-state index contributed by atoms with van der Waals surface area (Å²) in [6.45, 7) is 4.81. The topological polar surface area (TPSA) is 48.5 Å². The smallest absolute Gasteiger partial charge is 0.178 e. The van der Waals surface area contributed by atoms with Crippen molar-refractivity contribution in [1.82, 2.24) is 24.5 Å². The average molecular weight is 231 g/mol. The van der Waals surface area contributed by atoms with Crippen molar-refractivity contribution in [2.75, 3.05) is 0 Å². The van der Waals surface area contributed by atoms with Crippen molar-refractivity contribution in [2.45, 2.75) is 39.2 Å². The minimum Gasteiger partial charge on any atom is -0.272 e. The van der Waals surface area contributed by atoms with Crippen LogP contribution >= 0.6 is 0 Å². The van der Waals surface area contributed by atoms with Crippen LogP contribution in [0.25, 0.3) is 11.5 Å². The van der Waals surface area contributed by atoms with Crippen molar-refractivity contribution in [3.8, 4) is 11.5 Å². The zero-order valence-electron chi connectivity index (χ0n) is 10.5. The predicted octanol–water partition coefficient (Wildman–Crippen LogP) is 1.88. The van der Waals surface area contributed by atoms with Crippen LogP contribution in [0.4, 0.5) is 0 Å². The van der Waals surface area contributed by atoms with E-state index < -0.39 is 0 Å². The number of aromatic nitrogens is 5. The molecule has 2 aromatic heterocycles. The molecular weight excluding hydrogens is 214 g/mol. The van der Waals surface area contributed by atoms with Crippen LogP contribution in [-0.4, -0.2) is 24.5 Å². The number of hydrogen-bond donors (Lipinski definition) is 0. The molecule has 2 heterocycles. The lowest BCUT2D eigenvalue weighted by Crippen LogP contribution is -2.00. The zero-order chi connectivity index (χ0) is 12.0. The second-order valence-corrected chi connectivity index (χ2v) is 4.65. The normalized spacial score (nSPS) is 15.5. The fraction of sp³-hybridized carbons (Fsp3) is 0.583. The summed E-state index contributed by atoms with van der Waals surface area (Å²) in [5, 5.41) is 8.92. The van der Waals surface area contributed by atoms with Crippen LogP contribution in [-0.2, 0) is 13.6 Å². The van der Waals surface area contributed by atoms with Gasteiger partial charge in [-0.1, -0.05) is 0 Å². The summed E-state index contributed by atoms with van der Waals surface area (Å²) in [6, 6.07) is 2.16. The van der Waals surface area contributed by atoms with E-state index in [-0.39, 0.29) is 0 Å². The molecule has 0 amide bonds. The van der Waals surface area contributed by atoms with Gasteiger partial charge in [0.1, 0.15) is 11.5 Å². The summed E-state index contributed by atoms with van der Waals surface area (Å²) < 4.78 is 3.89. The Labute approximate surface area is 100 Å². The zero-order valence-corrected chi connectivity index (χ0v) is 10.5. The second-order valence-electron chi connectivity index (χ2n) is 4.65. The summed E-state index contributed by atoms with van der Waals surface area (Å²) in [7, 11) is 2.01. The number of aryl methyl sites for hydroxylation is 3. The Morgan fingerprint density at radius 1 is 1.35 bits per heavy atom. The molecule has 0 N–H and O–H groups in total. The highest BCUT2D eigenvalue weighted by Crippen LogP contribution is 2.40. The van der Waals surface area contributed by atoms with E-state index in [1.807, 2.05) is 23.3 Å². The Morgan fingerprint density at radius 2 is 2.12 bits per heavy atom. The maximum atomic E-state index is 4.56. The van der Waals surface area contributed by atoms with E-state index in [4.69, 9.17) is 0 Å². The first-order valence-corrected chi connectivity index (χ1v) is 6.14. The highest BCUT2D eigenvalue weighted by atomic mass is 15.4. The number of nitrogens with zero attached hydrogens (tertiary/aromatic N) is 5. The van der Waals surface area contributed by atoms with Gasteiger partial charge in [0, 0.05) is 25.2 Å². The summed E-state index contributed by atoms with van der Waals surface area (Å²) in [5.74, 6) is 2.40. The highest BCUT2D eigenvalue weighted by molar-refractivity contribution is 5.50. The minimum atomic E-state index is 0.709. The van der Waals surface area contributed by atoms with Crippen LogP contribution in [0.2, 0.25) is 0 Å². The van der Waals surface area contributed by atoms with Crippen molar-refractivity contribution in [3.05, 3.63) is 17.6 Å². The third-order valence-corrected chi connectivity index (χ3v) is 3.22. The van der Waals surface area contributed by atoms with E-state index >= 15 is 0 Å². The third-order valence-electron chi connectivity index (χ3n) is 3.22. The largest absolute Gasteiger partial charge is 0.272 e. The Bertz CT molecular complexity index is 547. The highest BCUT2D eigenvalue weighted by Gasteiger charge is 2.28. The maximum absolute atomic E-state index is 4.56. The number of hydrogen-bond acceptors (Lipinski definition) is 3. The van der Waals surface area contributed by atoms with Gasteiger partial charge in [-0.2, -0.15) is 10.2 Å². The fourth-order valence-corrected chi connectivity index (χ4v) is 2.22. The molecule has 3 rings (SSSR count). The Morgan fingerprint density at radius 3 is 2.76 bits per heavy atom. The molecule has 0 saturated heterocycles. The lowest BCUT2D eigenvalue weighted by molar-refractivity contribution is 0.654. The molecular formula is C12H17N5. The summed E-state index contributed by atoms with van der Waals surface area (Å²) in [6.07, 6.45) is 2.58. The van der Waals surface area contributed by atoms with E-state index in [2.05, 4.69) is 28.2 Å². The molecule has 0 unspecified atom stereocenters. The fourth-order valence-electron chi connectivity index (χ4n) is 2.22. The molecule has 1 aliphatic carbocycles. The Balaban J connectivity index is 2.05. The average Bonchev–Trinajstić information content (AvgIpc) is 2.97. The van der Waals surface area contributed by atoms with Gasteiger partial charge in [0.2, 0.25) is 0 Å². The monoisotopic (exact) mass is 231 g/mol. The van der Waals surface area contributed by atoms with Crippen molar-refractivity contribution in [3.63, 3.8) is 0 Å². The first-order valence-electron chi connectivity index (χ1n) is 6.14. The summed E-state index contributed by atoms with van der Waals surface area (Å²) >= 11 is 0. The molecule has 0 aromatic carbocycles. The standard InChI is InChI=1S/C12H17N5/c1-4-17-12(13-8(2)14-17)10-7-11(9-5-6-9)16(3)15-10/h7,9H,4-6H2,1-3H3. The molecule has 0 aliphatic heterocycles. The molecule has 0 spiro atoms. The Hall–Kier alpha value is -1.65. The molecule has 0 bridgehead atoms. The Kier molecular flexibility index (Phi) is 2.28. The van der Waals surface area contributed by atoms with E-state index in [9.17, 15) is 0 Å². The van der Waals surface area contributed by atoms with Gasteiger partial charge in [-0.05, 0) is 32.8 Å². The predicted molar refractivity (Wildman–Crippen MR) is 64.6 cm³/mol. The lowest BCUT2D eigenvalue weighted by Gasteiger charge is -1.97. The van der Waals surface area contributed by atoms with Gasteiger partial charge in [-0.25, -0.2) is 9.67 Å². The quantitative estimate of drug-likeness (QED) is 0.810. The number of rotatable bonds is 3. The first-order chi connectivity index (χ1) is 8.19. The molecule has 2 aromatic rings. The van der Waals surface area contributed by atoms with Gasteiger partial charge >= 0.3 is 0 Å². The van der Waals surface area contributed by atoms with E-state index in [1.54, 1.807) is 0 Å². The molecule has 90 valence electrons. The van der Waals surface area contributed by atoms with Gasteiger partial charge in [0.15, 0.2) is 5.82 Å². The van der Waals surface area contributed by atoms with Crippen molar-refractivity contribution in [2.24, 2.45) is 7.05 Å². The van der Waals surface area contributed by atoms with E-state index in [1.165, 1.54) is 18.5 Å². The van der Waals surface area contributed by atoms with Crippen molar-refractivity contribution in [1.29, 1.82) is 0 Å². The second kappa shape index (κ2) is 3.68. The van der Waals surface area contributed by atoms with Gasteiger partial charge in [-0.3, -0.25) is 4.68 Å². The van der Waals surface area contributed by atoms with Gasteiger partial charge < -0.3 is 0 Å². The first kappa shape index (κ1) is 10.5. The van der Waals surface area contributed by atoms with Crippen LogP contribution < -0.4 is 0 Å². The van der Waals surface area contributed by atoms with E-state index in [0.717, 1.165) is 23.9 Å². The van der Waals surface area contributed by atoms with Crippen LogP contribution in [0.5, 0.6) is 0 Å². The van der Waals surface area contributed by atoms with Gasteiger partial charge in [0.05, 0.1) is 0 Å². The van der Waals surface area contributed by atoms with Crippen LogP contribution in [0.1, 0.15) is 37.2 Å². The summed E-state index contributed by atoms with van der Waals surface area (Å²) in [5.41, 5.74) is 2.26. The minimum absolute atomic E-state index is 0.709. The van der Waals surface area contributed by atoms with Gasteiger partial charge in [0.25, 0.3) is 0 Å². The van der Waals surface area contributed by atoms with Crippen LogP contribution in [0.15, 0.2) is 6.07 Å². The molecule has 1 aliphatic rings.